The van der Waals surface area contributed by atoms with Crippen LogP contribution in [0.2, 0.25) is 0 Å². The summed E-state index contributed by atoms with van der Waals surface area (Å²) in [7, 11) is 0. The molecule has 0 aromatic rings. The molecule has 2 unspecified atom stereocenters. The second-order valence-corrected chi connectivity index (χ2v) is 6.44. The molecule has 1 aliphatic heterocycles. The van der Waals surface area contributed by atoms with Crippen LogP contribution in [0.15, 0.2) is 0 Å². The topological polar surface area (TPSA) is 64.4 Å². The predicted molar refractivity (Wildman–Crippen MR) is 82.9 cm³/mol. The van der Waals surface area contributed by atoms with Crippen LogP contribution < -0.4 is 11.1 Å². The first-order valence-corrected chi connectivity index (χ1v) is 7.76. The molecule has 0 aromatic carbocycles. The minimum Gasteiger partial charge on any atom is -0.364 e. The Morgan fingerprint density at radius 1 is 1.30 bits per heavy atom. The molecule has 2 aliphatic rings. The van der Waals surface area contributed by atoms with Crippen molar-refractivity contribution in [1.82, 2.24) is 5.32 Å². The van der Waals surface area contributed by atoms with Crippen molar-refractivity contribution in [3.63, 3.8) is 0 Å². The number of carbonyl (C=O) groups is 1. The van der Waals surface area contributed by atoms with Gasteiger partial charge in [-0.3, -0.25) is 4.79 Å². The average molecular weight is 305 g/mol. The molecule has 0 bridgehead atoms. The van der Waals surface area contributed by atoms with Crippen molar-refractivity contribution < 1.29 is 9.53 Å². The minimum atomic E-state index is -0.270. The molecule has 0 aromatic heterocycles. The molecule has 118 valence electrons. The fraction of sp³-hybridized carbons (Fsp3) is 0.933. The first-order valence-electron chi connectivity index (χ1n) is 7.76. The molecule has 0 radical (unpaired) electrons. The van der Waals surface area contributed by atoms with E-state index in [4.69, 9.17) is 10.5 Å². The molecule has 1 heterocycles. The highest BCUT2D eigenvalue weighted by Gasteiger charge is 2.32. The van der Waals surface area contributed by atoms with E-state index in [2.05, 4.69) is 19.2 Å². The lowest BCUT2D eigenvalue weighted by Gasteiger charge is -2.32. The highest BCUT2D eigenvalue weighted by molar-refractivity contribution is 5.85. The zero-order valence-electron chi connectivity index (χ0n) is 12.6. The average Bonchev–Trinajstić information content (AvgIpc) is 2.88. The molecular weight excluding hydrogens is 276 g/mol. The van der Waals surface area contributed by atoms with Crippen LogP contribution in [0.3, 0.4) is 0 Å². The SMILES string of the molecule is CC(C)C1CCCC(NC(=O)[C@@H]2CC[C@H](CN)O2)C1.Cl. The van der Waals surface area contributed by atoms with Crippen LogP contribution >= 0.6 is 12.4 Å². The first kappa shape index (κ1) is 17.7. The quantitative estimate of drug-likeness (QED) is 0.837. The number of hydrogen-bond acceptors (Lipinski definition) is 3. The molecule has 3 N–H and O–H groups in total. The van der Waals surface area contributed by atoms with Crippen LogP contribution in [0.1, 0.15) is 52.4 Å². The normalized spacial score (nSPS) is 33.8. The van der Waals surface area contributed by atoms with Gasteiger partial charge >= 0.3 is 0 Å². The van der Waals surface area contributed by atoms with Crippen molar-refractivity contribution >= 4 is 18.3 Å². The maximum Gasteiger partial charge on any atom is 0.249 e. The maximum absolute atomic E-state index is 12.2. The van der Waals surface area contributed by atoms with Gasteiger partial charge in [-0.05, 0) is 37.5 Å². The third-order valence-corrected chi connectivity index (χ3v) is 4.67. The Morgan fingerprint density at radius 3 is 2.65 bits per heavy atom. The van der Waals surface area contributed by atoms with E-state index in [-0.39, 0.29) is 30.5 Å². The summed E-state index contributed by atoms with van der Waals surface area (Å²) in [5.74, 6) is 1.54. The van der Waals surface area contributed by atoms with E-state index in [0.29, 0.717) is 18.5 Å². The lowest BCUT2D eigenvalue weighted by Crippen LogP contribution is -2.44. The van der Waals surface area contributed by atoms with E-state index in [1.54, 1.807) is 0 Å². The summed E-state index contributed by atoms with van der Waals surface area (Å²) in [5, 5.41) is 3.19. The van der Waals surface area contributed by atoms with Crippen LogP contribution in [0.4, 0.5) is 0 Å². The Balaban J connectivity index is 0.00000200. The number of nitrogens with two attached hydrogens (primary N) is 1. The van der Waals surface area contributed by atoms with Gasteiger partial charge in [-0.15, -0.1) is 12.4 Å². The molecule has 5 heteroatoms. The number of ether oxygens (including phenoxy) is 1. The molecule has 1 aliphatic carbocycles. The van der Waals surface area contributed by atoms with Crippen molar-refractivity contribution in [2.45, 2.75) is 70.6 Å². The van der Waals surface area contributed by atoms with Gasteiger partial charge in [0.25, 0.3) is 0 Å². The van der Waals surface area contributed by atoms with Crippen molar-refractivity contribution in [1.29, 1.82) is 0 Å². The van der Waals surface area contributed by atoms with Crippen LogP contribution in [0, 0.1) is 11.8 Å². The van der Waals surface area contributed by atoms with Crippen molar-refractivity contribution in [3.05, 3.63) is 0 Å². The number of amides is 1. The zero-order chi connectivity index (χ0) is 13.8. The summed E-state index contributed by atoms with van der Waals surface area (Å²) in [6.45, 7) is 5.07. The highest BCUT2D eigenvalue weighted by Crippen LogP contribution is 2.30. The summed E-state index contributed by atoms with van der Waals surface area (Å²) in [6, 6.07) is 0.342. The summed E-state index contributed by atoms with van der Waals surface area (Å²) in [5.41, 5.74) is 5.58. The van der Waals surface area contributed by atoms with Gasteiger partial charge in [-0.25, -0.2) is 0 Å². The molecule has 0 spiro atoms. The number of nitrogens with one attached hydrogen (secondary N) is 1. The molecule has 1 saturated carbocycles. The molecule has 2 rings (SSSR count). The van der Waals surface area contributed by atoms with E-state index in [1.807, 2.05) is 0 Å². The summed E-state index contributed by atoms with van der Waals surface area (Å²) >= 11 is 0. The van der Waals surface area contributed by atoms with Crippen molar-refractivity contribution in [2.24, 2.45) is 17.6 Å². The standard InChI is InChI=1S/C15H28N2O2.ClH/c1-10(2)11-4-3-5-12(8-11)17-15(18)14-7-6-13(9-16)19-14;/h10-14H,3-9,16H2,1-2H3,(H,17,18);1H/t11?,12?,13-,14+;/m1./s1. The second-order valence-electron chi connectivity index (χ2n) is 6.44. The molecular formula is C15H29ClN2O2. The molecule has 20 heavy (non-hydrogen) atoms. The number of halogens is 1. The summed E-state index contributed by atoms with van der Waals surface area (Å²) in [6.07, 6.45) is 6.29. The van der Waals surface area contributed by atoms with E-state index in [1.165, 1.54) is 12.8 Å². The fourth-order valence-electron chi connectivity index (χ4n) is 3.33. The zero-order valence-corrected chi connectivity index (χ0v) is 13.5. The van der Waals surface area contributed by atoms with Crippen molar-refractivity contribution in [3.8, 4) is 0 Å². The monoisotopic (exact) mass is 304 g/mol. The Labute approximate surface area is 128 Å². The van der Waals surface area contributed by atoms with Crippen LogP contribution in [-0.2, 0) is 9.53 Å². The van der Waals surface area contributed by atoms with Gasteiger partial charge in [0, 0.05) is 12.6 Å². The predicted octanol–water partition coefficient (Wildman–Crippen LogP) is 2.25. The second kappa shape index (κ2) is 8.20. The molecule has 1 saturated heterocycles. The van der Waals surface area contributed by atoms with Gasteiger partial charge in [0.15, 0.2) is 0 Å². The maximum atomic E-state index is 12.2. The number of carbonyl (C=O) groups excluding carboxylic acids is 1. The highest BCUT2D eigenvalue weighted by atomic mass is 35.5. The Morgan fingerprint density at radius 2 is 2.05 bits per heavy atom. The van der Waals surface area contributed by atoms with Gasteiger partial charge < -0.3 is 15.8 Å². The molecule has 4 nitrogen and oxygen atoms in total. The minimum absolute atomic E-state index is 0. The summed E-state index contributed by atoms with van der Waals surface area (Å²) < 4.78 is 5.65. The smallest absolute Gasteiger partial charge is 0.249 e. The fourth-order valence-corrected chi connectivity index (χ4v) is 3.33. The number of hydrogen-bond donors (Lipinski definition) is 2. The van der Waals surface area contributed by atoms with E-state index in [0.717, 1.165) is 31.6 Å². The molecule has 1 amide bonds. The lowest BCUT2D eigenvalue weighted by molar-refractivity contribution is -0.132. The molecule has 4 atom stereocenters. The Bertz CT molecular complexity index is 312. The third kappa shape index (κ3) is 4.61. The van der Waals surface area contributed by atoms with Gasteiger partial charge in [0.1, 0.15) is 6.10 Å². The van der Waals surface area contributed by atoms with Gasteiger partial charge in [0.2, 0.25) is 5.91 Å². The largest absolute Gasteiger partial charge is 0.364 e. The lowest BCUT2D eigenvalue weighted by atomic mass is 9.79. The van der Waals surface area contributed by atoms with Gasteiger partial charge in [-0.1, -0.05) is 26.7 Å². The van der Waals surface area contributed by atoms with Crippen molar-refractivity contribution in [2.75, 3.05) is 6.54 Å². The van der Waals surface area contributed by atoms with E-state index in [9.17, 15) is 4.79 Å². The summed E-state index contributed by atoms with van der Waals surface area (Å²) in [4.78, 5) is 12.2. The van der Waals surface area contributed by atoms with Crippen LogP contribution in [-0.4, -0.2) is 30.7 Å². The molecule has 2 fully saturated rings. The van der Waals surface area contributed by atoms with Crippen LogP contribution in [0.5, 0.6) is 0 Å². The van der Waals surface area contributed by atoms with E-state index < -0.39 is 0 Å². The van der Waals surface area contributed by atoms with E-state index >= 15 is 0 Å². The number of rotatable bonds is 4. The van der Waals surface area contributed by atoms with Gasteiger partial charge in [0.05, 0.1) is 6.10 Å². The van der Waals surface area contributed by atoms with Crippen LogP contribution in [0.25, 0.3) is 0 Å². The first-order chi connectivity index (χ1) is 9.10. The Hall–Kier alpha value is -0.320. The Kier molecular flexibility index (Phi) is 7.27. The van der Waals surface area contributed by atoms with Gasteiger partial charge in [-0.2, -0.15) is 0 Å². The third-order valence-electron chi connectivity index (χ3n) is 4.67.